The Kier molecular flexibility index (Phi) is 13.9. The predicted octanol–water partition coefficient (Wildman–Crippen LogP) is 10.6. The molecular formula is C50H71N10O6Si2+. The second-order valence-corrected chi connectivity index (χ2v) is 34.0. The van der Waals surface area contributed by atoms with Gasteiger partial charge in [-0.1, -0.05) is 63.5 Å². The number of fused-ring (bicyclic) bond motifs is 3. The molecule has 2 aromatic carbocycles. The van der Waals surface area contributed by atoms with Crippen LogP contribution in [0.1, 0.15) is 91.0 Å². The van der Waals surface area contributed by atoms with Crippen LogP contribution in [0.3, 0.4) is 0 Å². The number of carbonyl (C=O) groups excluding carboxylic acids is 2. The van der Waals surface area contributed by atoms with Crippen LogP contribution in [0.15, 0.2) is 48.8 Å². The number of ether oxygens (including phenoxy) is 4. The maximum absolute atomic E-state index is 13.4. The first-order chi connectivity index (χ1) is 32.0. The van der Waals surface area contributed by atoms with Gasteiger partial charge in [-0.3, -0.25) is 19.4 Å². The van der Waals surface area contributed by atoms with E-state index in [1.165, 1.54) is 0 Å². The summed E-state index contributed by atoms with van der Waals surface area (Å²) in [5.41, 5.74) is 4.44. The van der Waals surface area contributed by atoms with Crippen molar-refractivity contribution in [3.05, 3.63) is 60.4 Å². The van der Waals surface area contributed by atoms with Crippen molar-refractivity contribution in [2.75, 3.05) is 26.3 Å². The first-order valence-electron chi connectivity index (χ1n) is 24.2. The van der Waals surface area contributed by atoms with E-state index in [0.717, 1.165) is 71.2 Å². The molecule has 18 heteroatoms. The SMILES string of the molecule is CC(C)(C)OC(=O)N1CCC[C@H]1c1nc2nc(-c3ccc4cc(-c5cnc6c(n5)[nH]c([C@@H]5CCCN5C(=O)OC(C)(C)C)[n+]6COCC[Si](C)(C)C)ccc4c3)cnc2n1COCC[Si](C)(C)C. The van der Waals surface area contributed by atoms with Crippen molar-refractivity contribution in [3.8, 4) is 22.5 Å². The number of aromatic amines is 1. The summed E-state index contributed by atoms with van der Waals surface area (Å²) in [4.78, 5) is 59.1. The average molecular weight is 964 g/mol. The first kappa shape index (κ1) is 49.1. The van der Waals surface area contributed by atoms with Gasteiger partial charge in [0.1, 0.15) is 41.7 Å². The number of nitrogens with one attached hydrogen (secondary N) is 1. The van der Waals surface area contributed by atoms with E-state index in [0.29, 0.717) is 67.1 Å². The zero-order valence-corrected chi connectivity index (χ0v) is 44.2. The van der Waals surface area contributed by atoms with Crippen LogP contribution < -0.4 is 4.57 Å². The number of nitrogens with zero attached hydrogens (tertiary/aromatic N) is 9. The number of imidazole rings is 2. The molecule has 2 amide bonds. The lowest BCUT2D eigenvalue weighted by Gasteiger charge is -2.28. The fourth-order valence-corrected chi connectivity index (χ4v) is 10.2. The van der Waals surface area contributed by atoms with Gasteiger partial charge in [-0.05, 0) is 102 Å². The molecule has 2 aliphatic rings. The van der Waals surface area contributed by atoms with Gasteiger partial charge >= 0.3 is 17.8 Å². The van der Waals surface area contributed by atoms with E-state index in [4.69, 9.17) is 43.9 Å². The summed E-state index contributed by atoms with van der Waals surface area (Å²) in [6.07, 6.45) is 6.16. The maximum Gasteiger partial charge on any atom is 0.411 e. The normalized spacial score (nSPS) is 17.3. The number of H-pyrrole nitrogens is 1. The Morgan fingerprint density at radius 1 is 0.721 bits per heavy atom. The number of benzene rings is 2. The van der Waals surface area contributed by atoms with Crippen molar-refractivity contribution in [1.82, 2.24) is 44.3 Å². The molecular weight excluding hydrogens is 893 g/mol. The summed E-state index contributed by atoms with van der Waals surface area (Å²) in [6.45, 7) is 28.4. The Morgan fingerprint density at radius 3 is 1.85 bits per heavy atom. The van der Waals surface area contributed by atoms with Gasteiger partial charge in [-0.15, -0.1) is 4.98 Å². The molecule has 6 aromatic rings. The molecule has 2 saturated heterocycles. The standard InChI is InChI=1S/C50H70N10O6Si2/c1-49(2,3)65-47(61)57-21-13-15-39(57)43-55-41-45(59(43)31-63-23-25-67(7,8)9)51-29-37(53-41)35-19-17-34-28-36(20-18-33(34)27-35)38-30-52-46-42(54-38)56-44(60(46)32-64-24-26-68(10,11)12)40-16-14-22-58(40)48(62)66-50(4,5)6/h17-20,27-30,39-40H,13-16,21-26,31-32H2,1-12H3/p+1/t39-,40-/m0/s1. The Hall–Kier alpha value is -5.31. The molecule has 0 saturated carbocycles. The molecule has 364 valence electrons. The van der Waals surface area contributed by atoms with Crippen LogP contribution in [0.2, 0.25) is 51.4 Å². The molecule has 2 fully saturated rings. The highest BCUT2D eigenvalue weighted by Gasteiger charge is 2.40. The molecule has 0 bridgehead atoms. The number of hydrogen-bond acceptors (Lipinski definition) is 11. The van der Waals surface area contributed by atoms with Crippen LogP contribution in [0.5, 0.6) is 0 Å². The third-order valence-corrected chi connectivity index (χ3v) is 15.7. The molecule has 6 heterocycles. The predicted molar refractivity (Wildman–Crippen MR) is 269 cm³/mol. The molecule has 0 radical (unpaired) electrons. The average Bonchev–Trinajstić information content (AvgIpc) is 4.06. The van der Waals surface area contributed by atoms with Crippen molar-refractivity contribution in [1.29, 1.82) is 0 Å². The van der Waals surface area contributed by atoms with E-state index < -0.39 is 27.3 Å². The minimum absolute atomic E-state index is 0.233. The lowest BCUT2D eigenvalue weighted by Crippen LogP contribution is -2.45. The van der Waals surface area contributed by atoms with Crippen molar-refractivity contribution < 1.29 is 33.1 Å². The Labute approximate surface area is 402 Å². The van der Waals surface area contributed by atoms with E-state index in [9.17, 15) is 9.59 Å². The Bertz CT molecular complexity index is 2610. The Morgan fingerprint density at radius 2 is 1.26 bits per heavy atom. The summed E-state index contributed by atoms with van der Waals surface area (Å²) < 4.78 is 28.2. The van der Waals surface area contributed by atoms with Crippen LogP contribution in [-0.2, 0) is 32.4 Å². The summed E-state index contributed by atoms with van der Waals surface area (Å²) >= 11 is 0. The second-order valence-electron chi connectivity index (χ2n) is 22.8. The highest BCUT2D eigenvalue weighted by Crippen LogP contribution is 2.36. The molecule has 2 aliphatic heterocycles. The lowest BCUT2D eigenvalue weighted by molar-refractivity contribution is -0.719. The monoisotopic (exact) mass is 964 g/mol. The van der Waals surface area contributed by atoms with Crippen LogP contribution in [0.25, 0.3) is 55.9 Å². The van der Waals surface area contributed by atoms with Crippen molar-refractivity contribution in [2.24, 2.45) is 0 Å². The van der Waals surface area contributed by atoms with Crippen molar-refractivity contribution in [3.63, 3.8) is 0 Å². The first-order valence-corrected chi connectivity index (χ1v) is 31.6. The lowest BCUT2D eigenvalue weighted by atomic mass is 10.0. The van der Waals surface area contributed by atoms with E-state index in [2.05, 4.69) is 80.7 Å². The van der Waals surface area contributed by atoms with Gasteiger partial charge in [0.25, 0.3) is 5.65 Å². The largest absolute Gasteiger partial charge is 0.444 e. The van der Waals surface area contributed by atoms with Gasteiger partial charge < -0.3 is 18.9 Å². The van der Waals surface area contributed by atoms with E-state index in [1.54, 1.807) is 11.1 Å². The Balaban J connectivity index is 1.07. The fraction of sp³-hybridized carbons (Fsp3) is 0.560. The minimum Gasteiger partial charge on any atom is -0.444 e. The van der Waals surface area contributed by atoms with E-state index in [-0.39, 0.29) is 31.0 Å². The van der Waals surface area contributed by atoms with Gasteiger partial charge in [-0.2, -0.15) is 0 Å². The number of carbonyl (C=O) groups is 2. The third kappa shape index (κ3) is 11.6. The summed E-state index contributed by atoms with van der Waals surface area (Å²) in [5, 5.41) is 2.06. The van der Waals surface area contributed by atoms with Gasteiger partial charge in [0, 0.05) is 53.6 Å². The highest BCUT2D eigenvalue weighted by molar-refractivity contribution is 6.76. The number of rotatable bonds is 14. The topological polar surface area (TPSA) is 167 Å². The molecule has 4 aromatic heterocycles. The van der Waals surface area contributed by atoms with Crippen LogP contribution in [-0.4, -0.2) is 110 Å². The smallest absolute Gasteiger partial charge is 0.411 e. The second kappa shape index (κ2) is 19.2. The molecule has 0 aliphatic carbocycles. The van der Waals surface area contributed by atoms with E-state index in [1.807, 2.05) is 61.8 Å². The highest BCUT2D eigenvalue weighted by atomic mass is 28.3. The summed E-state index contributed by atoms with van der Waals surface area (Å²) in [5.74, 6) is 1.54. The van der Waals surface area contributed by atoms with Crippen molar-refractivity contribution in [2.45, 2.75) is 155 Å². The van der Waals surface area contributed by atoms with Gasteiger partial charge in [0.15, 0.2) is 18.0 Å². The fourth-order valence-electron chi connectivity index (χ4n) is 8.73. The third-order valence-electron chi connectivity index (χ3n) is 12.3. The van der Waals surface area contributed by atoms with Crippen LogP contribution >= 0.6 is 0 Å². The van der Waals surface area contributed by atoms with Crippen LogP contribution in [0.4, 0.5) is 9.59 Å². The molecule has 68 heavy (non-hydrogen) atoms. The summed E-state index contributed by atoms with van der Waals surface area (Å²) in [6, 6.07) is 14.1. The molecule has 2 atom stereocenters. The molecule has 1 N–H and O–H groups in total. The maximum atomic E-state index is 13.4. The van der Waals surface area contributed by atoms with Crippen molar-refractivity contribution >= 4 is 61.7 Å². The van der Waals surface area contributed by atoms with Gasteiger partial charge in [0.05, 0.1) is 17.9 Å². The zero-order chi connectivity index (χ0) is 48.8. The number of likely N-dealkylation sites (tertiary alicyclic amines) is 2. The van der Waals surface area contributed by atoms with Crippen LogP contribution in [0, 0.1) is 0 Å². The number of aromatic nitrogens is 8. The zero-order valence-electron chi connectivity index (χ0n) is 42.2. The van der Waals surface area contributed by atoms with E-state index >= 15 is 0 Å². The molecule has 0 unspecified atom stereocenters. The molecule has 8 rings (SSSR count). The molecule has 16 nitrogen and oxygen atoms in total. The minimum atomic E-state index is -1.31. The van der Waals surface area contributed by atoms with Gasteiger partial charge in [-0.25, -0.2) is 34.1 Å². The molecule has 0 spiro atoms. The number of hydrogen-bond donors (Lipinski definition) is 1. The van der Waals surface area contributed by atoms with Gasteiger partial charge in [0.2, 0.25) is 5.82 Å². The quantitative estimate of drug-likeness (QED) is 0.0627. The number of amides is 2. The summed E-state index contributed by atoms with van der Waals surface area (Å²) in [7, 11) is -2.62.